The van der Waals surface area contributed by atoms with Gasteiger partial charge in [-0.05, 0) is 37.5 Å². The quantitative estimate of drug-likeness (QED) is 0.915. The van der Waals surface area contributed by atoms with Gasteiger partial charge in [-0.2, -0.15) is 0 Å². The molecule has 1 aromatic heterocycles. The van der Waals surface area contributed by atoms with Crippen LogP contribution in [0.4, 0.5) is 0 Å². The van der Waals surface area contributed by atoms with Crippen LogP contribution in [0.5, 0.6) is 0 Å². The van der Waals surface area contributed by atoms with Crippen molar-refractivity contribution < 1.29 is 13.2 Å². The summed E-state index contributed by atoms with van der Waals surface area (Å²) in [5.41, 5.74) is 1.95. The minimum Gasteiger partial charge on any atom is -0.346 e. The van der Waals surface area contributed by atoms with Gasteiger partial charge >= 0.3 is 0 Å². The second-order valence-electron chi connectivity index (χ2n) is 6.23. The molecule has 1 N–H and O–H groups in total. The molecule has 0 saturated heterocycles. The minimum atomic E-state index is -3.34. The highest BCUT2D eigenvalue weighted by Crippen LogP contribution is 2.17. The van der Waals surface area contributed by atoms with Crippen molar-refractivity contribution in [2.75, 3.05) is 6.26 Å². The number of hydrogen-bond acceptors (Lipinski definition) is 4. The number of rotatable bonds is 4. The molecule has 1 aliphatic rings. The largest absolute Gasteiger partial charge is 0.346 e. The maximum Gasteiger partial charge on any atom is 0.251 e. The Labute approximate surface area is 141 Å². The zero-order valence-electron chi connectivity index (χ0n) is 13.9. The predicted molar refractivity (Wildman–Crippen MR) is 90.6 cm³/mol. The summed E-state index contributed by atoms with van der Waals surface area (Å²) in [5, 5.41) is 2.83. The highest BCUT2D eigenvalue weighted by atomic mass is 32.2. The number of hydrogen-bond donors (Lipinski definition) is 1. The molecule has 1 aliphatic heterocycles. The second-order valence-corrected chi connectivity index (χ2v) is 8.25. The van der Waals surface area contributed by atoms with Gasteiger partial charge in [-0.15, -0.1) is 0 Å². The highest BCUT2D eigenvalue weighted by Gasteiger charge is 2.16. The van der Waals surface area contributed by atoms with Crippen LogP contribution in [0.25, 0.3) is 0 Å². The van der Waals surface area contributed by atoms with Crippen LogP contribution in [0.15, 0.2) is 29.3 Å². The summed E-state index contributed by atoms with van der Waals surface area (Å²) in [6.07, 6.45) is 6.40. The number of carbonyl (C=O) groups is 1. The number of amides is 1. The van der Waals surface area contributed by atoms with E-state index in [-0.39, 0.29) is 10.8 Å². The average Bonchev–Trinajstić information content (AvgIpc) is 2.94. The molecule has 6 nitrogen and oxygen atoms in total. The van der Waals surface area contributed by atoms with Crippen LogP contribution >= 0.6 is 0 Å². The number of fused-ring (bicyclic) bond motifs is 1. The number of aryl methyl sites for hydroxylation is 3. The Balaban J connectivity index is 1.74. The van der Waals surface area contributed by atoms with Gasteiger partial charge in [-0.3, -0.25) is 4.79 Å². The zero-order valence-corrected chi connectivity index (χ0v) is 14.7. The molecule has 0 aliphatic carbocycles. The summed E-state index contributed by atoms with van der Waals surface area (Å²) in [5.74, 6) is 0.782. The lowest BCUT2D eigenvalue weighted by molar-refractivity contribution is 0.0949. The smallest absolute Gasteiger partial charge is 0.251 e. The van der Waals surface area contributed by atoms with E-state index < -0.39 is 9.84 Å². The van der Waals surface area contributed by atoms with Crippen LogP contribution < -0.4 is 5.32 Å². The first-order valence-corrected chi connectivity index (χ1v) is 9.87. The molecule has 2 aromatic rings. The molecule has 0 radical (unpaired) electrons. The van der Waals surface area contributed by atoms with E-state index in [1.807, 2.05) is 6.20 Å². The summed E-state index contributed by atoms with van der Waals surface area (Å²) in [7, 11) is -3.34. The maximum atomic E-state index is 12.4. The fraction of sp³-hybridized carbons (Fsp3) is 0.412. The lowest BCUT2D eigenvalue weighted by Gasteiger charge is -2.11. The normalized spacial score (nSPS) is 14.2. The molecule has 0 fully saturated rings. The number of nitrogens with one attached hydrogen (secondary N) is 1. The van der Waals surface area contributed by atoms with E-state index in [0.29, 0.717) is 12.1 Å². The molecule has 0 bridgehead atoms. The van der Waals surface area contributed by atoms with Crippen LogP contribution in [0.2, 0.25) is 0 Å². The standard InChI is InChI=1S/C17H21N3O3S/c1-12-6-7-14(24(2,22)23)9-15(12)17(21)18-10-13-11-20-8-4-3-5-16(20)19-13/h6-7,9,11H,3-5,8,10H2,1-2H3,(H,18,21). The third-order valence-corrected chi connectivity index (χ3v) is 5.38. The Morgan fingerprint density at radius 3 is 2.83 bits per heavy atom. The molecule has 0 spiro atoms. The Morgan fingerprint density at radius 1 is 1.33 bits per heavy atom. The van der Waals surface area contributed by atoms with Crippen molar-refractivity contribution >= 4 is 15.7 Å². The van der Waals surface area contributed by atoms with Gasteiger partial charge in [0.1, 0.15) is 5.82 Å². The van der Waals surface area contributed by atoms with Crippen molar-refractivity contribution in [3.8, 4) is 0 Å². The predicted octanol–water partition coefficient (Wildman–Crippen LogP) is 1.86. The molecule has 128 valence electrons. The third-order valence-electron chi connectivity index (χ3n) is 4.27. The average molecular weight is 347 g/mol. The molecule has 7 heteroatoms. The van der Waals surface area contributed by atoms with Crippen molar-refractivity contribution in [3.05, 3.63) is 47.0 Å². The molecule has 2 heterocycles. The SMILES string of the molecule is Cc1ccc(S(C)(=O)=O)cc1C(=O)NCc1cn2c(n1)CCCC2. The molecule has 1 amide bonds. The van der Waals surface area contributed by atoms with Gasteiger partial charge in [0.15, 0.2) is 9.84 Å². The molecule has 0 atom stereocenters. The van der Waals surface area contributed by atoms with Gasteiger partial charge in [-0.1, -0.05) is 6.07 Å². The first kappa shape index (κ1) is 16.7. The Morgan fingerprint density at radius 2 is 2.12 bits per heavy atom. The monoisotopic (exact) mass is 347 g/mol. The van der Waals surface area contributed by atoms with Crippen molar-refractivity contribution in [2.24, 2.45) is 0 Å². The summed E-state index contributed by atoms with van der Waals surface area (Å²) in [4.78, 5) is 17.1. The Bertz CT molecular complexity index is 861. The number of carbonyl (C=O) groups excluding carboxylic acids is 1. The van der Waals surface area contributed by atoms with E-state index in [1.165, 1.54) is 12.1 Å². The number of nitrogens with zero attached hydrogens (tertiary/aromatic N) is 2. The van der Waals surface area contributed by atoms with Gasteiger partial charge in [0, 0.05) is 31.0 Å². The van der Waals surface area contributed by atoms with Crippen LogP contribution in [-0.2, 0) is 29.3 Å². The second kappa shape index (κ2) is 6.39. The summed E-state index contributed by atoms with van der Waals surface area (Å²) in [6.45, 7) is 3.10. The first-order valence-electron chi connectivity index (χ1n) is 7.98. The molecule has 1 aromatic carbocycles. The molecule has 0 saturated carbocycles. The van der Waals surface area contributed by atoms with E-state index in [9.17, 15) is 13.2 Å². The fourth-order valence-electron chi connectivity index (χ4n) is 2.90. The molecule has 3 rings (SSSR count). The summed E-state index contributed by atoms with van der Waals surface area (Å²) < 4.78 is 25.5. The molecular weight excluding hydrogens is 326 g/mol. The third kappa shape index (κ3) is 3.51. The summed E-state index contributed by atoms with van der Waals surface area (Å²) >= 11 is 0. The van der Waals surface area contributed by atoms with Crippen LogP contribution in [0.1, 0.15) is 40.3 Å². The zero-order chi connectivity index (χ0) is 17.3. The van der Waals surface area contributed by atoms with Crippen LogP contribution in [0, 0.1) is 6.92 Å². The van der Waals surface area contributed by atoms with Crippen LogP contribution in [-0.4, -0.2) is 30.1 Å². The van der Waals surface area contributed by atoms with E-state index in [4.69, 9.17) is 0 Å². The van der Waals surface area contributed by atoms with Crippen LogP contribution in [0.3, 0.4) is 0 Å². The fourth-order valence-corrected chi connectivity index (χ4v) is 3.55. The van der Waals surface area contributed by atoms with Gasteiger partial charge in [0.2, 0.25) is 0 Å². The molecular formula is C17H21N3O3S. The van der Waals surface area contributed by atoms with Crippen molar-refractivity contribution in [1.29, 1.82) is 0 Å². The highest BCUT2D eigenvalue weighted by molar-refractivity contribution is 7.90. The Hall–Kier alpha value is -2.15. The van der Waals surface area contributed by atoms with Crippen molar-refractivity contribution in [1.82, 2.24) is 14.9 Å². The van der Waals surface area contributed by atoms with E-state index >= 15 is 0 Å². The maximum absolute atomic E-state index is 12.4. The number of benzene rings is 1. The number of aromatic nitrogens is 2. The van der Waals surface area contributed by atoms with Gasteiger partial charge in [0.25, 0.3) is 5.91 Å². The molecule has 24 heavy (non-hydrogen) atoms. The van der Waals surface area contributed by atoms with Crippen molar-refractivity contribution in [3.63, 3.8) is 0 Å². The van der Waals surface area contributed by atoms with Gasteiger partial charge in [0.05, 0.1) is 17.1 Å². The minimum absolute atomic E-state index is 0.149. The topological polar surface area (TPSA) is 81.1 Å². The number of sulfone groups is 1. The molecule has 0 unspecified atom stereocenters. The van der Waals surface area contributed by atoms with Gasteiger partial charge in [-0.25, -0.2) is 13.4 Å². The van der Waals surface area contributed by atoms with Gasteiger partial charge < -0.3 is 9.88 Å². The first-order chi connectivity index (χ1) is 11.3. The van der Waals surface area contributed by atoms with E-state index in [1.54, 1.807) is 13.0 Å². The lowest BCUT2D eigenvalue weighted by atomic mass is 10.1. The summed E-state index contributed by atoms with van der Waals surface area (Å²) in [6, 6.07) is 4.60. The number of imidazole rings is 1. The van der Waals surface area contributed by atoms with E-state index in [2.05, 4.69) is 14.9 Å². The Kier molecular flexibility index (Phi) is 4.45. The van der Waals surface area contributed by atoms with E-state index in [0.717, 1.165) is 49.1 Å². The van der Waals surface area contributed by atoms with Crippen molar-refractivity contribution in [2.45, 2.75) is 44.2 Å². The lowest BCUT2D eigenvalue weighted by Crippen LogP contribution is -2.24.